The van der Waals surface area contributed by atoms with Crippen molar-refractivity contribution in [1.82, 2.24) is 9.78 Å². The molecule has 0 aliphatic heterocycles. The van der Waals surface area contributed by atoms with Crippen LogP contribution >= 0.6 is 11.6 Å². The van der Waals surface area contributed by atoms with E-state index >= 15 is 0 Å². The molecule has 0 aliphatic carbocycles. The van der Waals surface area contributed by atoms with Crippen molar-refractivity contribution >= 4 is 29.1 Å². The number of hydrogen-bond donors (Lipinski definition) is 2. The Morgan fingerprint density at radius 1 is 1.15 bits per heavy atom. The lowest BCUT2D eigenvalue weighted by Crippen LogP contribution is -2.20. The molecule has 0 aliphatic rings. The lowest BCUT2D eigenvalue weighted by molar-refractivity contribution is -0.119. The second kappa shape index (κ2) is 7.92. The SMILES string of the molecule is Cc1nn(-c2ccccc2)c(Cl)c1C(=O)Nc1ccc(OCC(N)=O)cc1. The second-order valence-corrected chi connectivity index (χ2v) is 6.09. The van der Waals surface area contributed by atoms with Crippen molar-refractivity contribution in [1.29, 1.82) is 0 Å². The lowest BCUT2D eigenvalue weighted by Gasteiger charge is -2.07. The molecule has 3 rings (SSSR count). The number of benzene rings is 2. The number of aryl methyl sites for hydroxylation is 1. The number of rotatable bonds is 6. The normalized spacial score (nSPS) is 10.4. The maximum absolute atomic E-state index is 12.7. The Hall–Kier alpha value is -3.32. The predicted octanol–water partition coefficient (Wildman–Crippen LogP) is 2.95. The van der Waals surface area contributed by atoms with E-state index in [1.165, 1.54) is 4.68 Å². The van der Waals surface area contributed by atoms with E-state index in [0.717, 1.165) is 5.69 Å². The first kappa shape index (κ1) is 18.5. The Morgan fingerprint density at radius 2 is 1.81 bits per heavy atom. The monoisotopic (exact) mass is 384 g/mol. The number of nitrogens with one attached hydrogen (secondary N) is 1. The fraction of sp³-hybridized carbons (Fsp3) is 0.105. The average Bonchev–Trinajstić information content (AvgIpc) is 2.96. The molecule has 2 aromatic carbocycles. The highest BCUT2D eigenvalue weighted by Crippen LogP contribution is 2.25. The van der Waals surface area contributed by atoms with Crippen LogP contribution in [0.15, 0.2) is 54.6 Å². The Kier molecular flexibility index (Phi) is 5.42. The Labute approximate surface area is 160 Å². The number of nitrogens with zero attached hydrogens (tertiary/aromatic N) is 2. The Morgan fingerprint density at radius 3 is 2.44 bits per heavy atom. The van der Waals surface area contributed by atoms with Crippen molar-refractivity contribution in [2.75, 3.05) is 11.9 Å². The van der Waals surface area contributed by atoms with Crippen LogP contribution in [0.5, 0.6) is 5.75 Å². The largest absolute Gasteiger partial charge is 0.484 e. The number of ether oxygens (including phenoxy) is 1. The van der Waals surface area contributed by atoms with Crippen molar-refractivity contribution in [2.24, 2.45) is 5.73 Å². The third-order valence-corrected chi connectivity index (χ3v) is 4.07. The molecule has 8 heteroatoms. The minimum Gasteiger partial charge on any atom is -0.484 e. The van der Waals surface area contributed by atoms with Crippen molar-refractivity contribution in [2.45, 2.75) is 6.92 Å². The molecule has 3 N–H and O–H groups in total. The van der Waals surface area contributed by atoms with E-state index in [1.54, 1.807) is 31.2 Å². The number of aromatic nitrogens is 2. The Balaban J connectivity index is 1.77. The van der Waals surface area contributed by atoms with Gasteiger partial charge in [-0.2, -0.15) is 5.10 Å². The molecule has 3 aromatic rings. The summed E-state index contributed by atoms with van der Waals surface area (Å²) in [6.45, 7) is 1.51. The van der Waals surface area contributed by atoms with E-state index < -0.39 is 5.91 Å². The van der Waals surface area contributed by atoms with Crippen LogP contribution in [0.1, 0.15) is 16.1 Å². The number of anilines is 1. The van der Waals surface area contributed by atoms with Gasteiger partial charge in [-0.05, 0) is 43.3 Å². The predicted molar refractivity (Wildman–Crippen MR) is 102 cm³/mol. The fourth-order valence-corrected chi connectivity index (χ4v) is 2.84. The molecule has 27 heavy (non-hydrogen) atoms. The Bertz CT molecular complexity index is 969. The number of hydrogen-bond acceptors (Lipinski definition) is 4. The number of carbonyl (C=O) groups is 2. The van der Waals surface area contributed by atoms with E-state index in [2.05, 4.69) is 10.4 Å². The second-order valence-electron chi connectivity index (χ2n) is 5.73. The smallest absolute Gasteiger partial charge is 0.260 e. The molecule has 0 fully saturated rings. The average molecular weight is 385 g/mol. The van der Waals surface area contributed by atoms with E-state index in [-0.39, 0.29) is 17.7 Å². The molecule has 0 saturated heterocycles. The molecule has 1 heterocycles. The topological polar surface area (TPSA) is 99.2 Å². The zero-order valence-corrected chi connectivity index (χ0v) is 15.2. The molecule has 0 radical (unpaired) electrons. The van der Waals surface area contributed by atoms with Gasteiger partial charge in [0.15, 0.2) is 6.61 Å². The van der Waals surface area contributed by atoms with Gasteiger partial charge in [0.2, 0.25) is 0 Å². The summed E-state index contributed by atoms with van der Waals surface area (Å²) < 4.78 is 6.70. The quantitative estimate of drug-likeness (QED) is 0.682. The van der Waals surface area contributed by atoms with Gasteiger partial charge in [-0.25, -0.2) is 4.68 Å². The van der Waals surface area contributed by atoms with E-state index in [4.69, 9.17) is 22.1 Å². The summed E-state index contributed by atoms with van der Waals surface area (Å²) in [6, 6.07) is 15.9. The number of primary amides is 1. The molecule has 7 nitrogen and oxygen atoms in total. The highest BCUT2D eigenvalue weighted by Gasteiger charge is 2.21. The van der Waals surface area contributed by atoms with Crippen LogP contribution < -0.4 is 15.8 Å². The summed E-state index contributed by atoms with van der Waals surface area (Å²) >= 11 is 6.40. The van der Waals surface area contributed by atoms with Crippen molar-refractivity contribution in [3.05, 3.63) is 71.0 Å². The van der Waals surface area contributed by atoms with Gasteiger partial charge >= 0.3 is 0 Å². The van der Waals surface area contributed by atoms with Gasteiger partial charge in [-0.1, -0.05) is 29.8 Å². The minimum atomic E-state index is -0.562. The van der Waals surface area contributed by atoms with Gasteiger partial charge in [-0.15, -0.1) is 0 Å². The van der Waals surface area contributed by atoms with Crippen LogP contribution in [-0.4, -0.2) is 28.2 Å². The first-order valence-electron chi connectivity index (χ1n) is 8.09. The lowest BCUT2D eigenvalue weighted by atomic mass is 10.2. The van der Waals surface area contributed by atoms with E-state index in [1.807, 2.05) is 30.3 Å². The molecule has 0 spiro atoms. The van der Waals surface area contributed by atoms with E-state index in [9.17, 15) is 9.59 Å². The number of halogens is 1. The summed E-state index contributed by atoms with van der Waals surface area (Å²) in [5.41, 5.74) is 7.16. The van der Waals surface area contributed by atoms with Crippen molar-refractivity contribution < 1.29 is 14.3 Å². The number of amides is 2. The van der Waals surface area contributed by atoms with Crippen LogP contribution in [0.4, 0.5) is 5.69 Å². The molecular weight excluding hydrogens is 368 g/mol. The maximum atomic E-state index is 12.7. The highest BCUT2D eigenvalue weighted by atomic mass is 35.5. The number of carbonyl (C=O) groups excluding carboxylic acids is 2. The third kappa shape index (κ3) is 4.27. The highest BCUT2D eigenvalue weighted by molar-refractivity contribution is 6.34. The van der Waals surface area contributed by atoms with Crippen LogP contribution in [0.3, 0.4) is 0 Å². The third-order valence-electron chi connectivity index (χ3n) is 3.73. The summed E-state index contributed by atoms with van der Waals surface area (Å²) in [4.78, 5) is 23.4. The number of para-hydroxylation sites is 1. The molecule has 0 unspecified atom stereocenters. The molecule has 0 atom stereocenters. The zero-order valence-electron chi connectivity index (χ0n) is 14.5. The summed E-state index contributed by atoms with van der Waals surface area (Å²) in [6.07, 6.45) is 0. The summed E-state index contributed by atoms with van der Waals surface area (Å²) in [7, 11) is 0. The van der Waals surface area contributed by atoms with Gasteiger partial charge < -0.3 is 15.8 Å². The minimum absolute atomic E-state index is 0.209. The van der Waals surface area contributed by atoms with Crippen LogP contribution in [0.25, 0.3) is 5.69 Å². The van der Waals surface area contributed by atoms with Crippen molar-refractivity contribution in [3.63, 3.8) is 0 Å². The van der Waals surface area contributed by atoms with Gasteiger partial charge in [0.05, 0.1) is 11.4 Å². The fourth-order valence-electron chi connectivity index (χ4n) is 2.48. The first-order valence-corrected chi connectivity index (χ1v) is 8.46. The molecule has 1 aromatic heterocycles. The van der Waals surface area contributed by atoms with Gasteiger partial charge in [-0.3, -0.25) is 9.59 Å². The molecular formula is C19H17ClN4O3. The van der Waals surface area contributed by atoms with Crippen LogP contribution in [0, 0.1) is 6.92 Å². The number of nitrogens with two attached hydrogens (primary N) is 1. The molecule has 0 bridgehead atoms. The van der Waals surface area contributed by atoms with Gasteiger partial charge in [0, 0.05) is 5.69 Å². The molecule has 0 saturated carbocycles. The van der Waals surface area contributed by atoms with Crippen LogP contribution in [-0.2, 0) is 4.79 Å². The molecule has 2 amide bonds. The molecule has 138 valence electrons. The van der Waals surface area contributed by atoms with Crippen molar-refractivity contribution in [3.8, 4) is 11.4 Å². The standard InChI is InChI=1S/C19H17ClN4O3/c1-12-17(18(20)24(23-12)14-5-3-2-4-6-14)19(26)22-13-7-9-15(10-8-13)27-11-16(21)25/h2-10H,11H2,1H3,(H2,21,25)(H,22,26). The maximum Gasteiger partial charge on any atom is 0.260 e. The summed E-state index contributed by atoms with van der Waals surface area (Å²) in [5, 5.41) is 7.36. The summed E-state index contributed by atoms with van der Waals surface area (Å²) in [5.74, 6) is -0.462. The van der Waals surface area contributed by atoms with E-state index in [0.29, 0.717) is 22.7 Å². The zero-order chi connectivity index (χ0) is 19.4. The first-order chi connectivity index (χ1) is 13.0. The van der Waals surface area contributed by atoms with Gasteiger partial charge in [0.1, 0.15) is 16.5 Å². The van der Waals surface area contributed by atoms with Gasteiger partial charge in [0.25, 0.3) is 11.8 Å². The van der Waals surface area contributed by atoms with Crippen LogP contribution in [0.2, 0.25) is 5.15 Å².